The van der Waals surface area contributed by atoms with Gasteiger partial charge >= 0.3 is 6.03 Å². The number of carbonyl (C=O) groups excluding carboxylic acids is 1. The van der Waals surface area contributed by atoms with Gasteiger partial charge in [-0.3, -0.25) is 4.90 Å². The smallest absolute Gasteiger partial charge is 0.354 e. The molecule has 2 aromatic rings. The Morgan fingerprint density at radius 2 is 2.09 bits per heavy atom. The summed E-state index contributed by atoms with van der Waals surface area (Å²) in [6.07, 6.45) is 4.93. The van der Waals surface area contributed by atoms with Crippen LogP contribution in [0, 0.1) is 0 Å². The number of amides is 2. The molecule has 2 aliphatic carbocycles. The zero-order valence-electron chi connectivity index (χ0n) is 18.3. The molecular weight excluding hydrogens is 447 g/mol. The molecule has 1 saturated heterocycles. The predicted octanol–water partition coefficient (Wildman–Crippen LogP) is 2.21. The van der Waals surface area contributed by atoms with Crippen LogP contribution in [0.2, 0.25) is 0 Å². The molecule has 3 atom stereocenters. The van der Waals surface area contributed by atoms with Crippen LogP contribution in [0.3, 0.4) is 0 Å². The van der Waals surface area contributed by atoms with Crippen molar-refractivity contribution in [1.82, 2.24) is 14.7 Å². The number of anilines is 1. The number of fused-ring (bicyclic) bond motifs is 3. The summed E-state index contributed by atoms with van der Waals surface area (Å²) in [5.74, 6) is 0.303. The number of ether oxygens (including phenoxy) is 1. The van der Waals surface area contributed by atoms with Crippen molar-refractivity contribution in [2.24, 2.45) is 9.50 Å². The van der Waals surface area contributed by atoms with Gasteiger partial charge in [0.2, 0.25) is 5.88 Å². The number of urea groups is 1. The second-order valence-electron chi connectivity index (χ2n) is 9.33. The van der Waals surface area contributed by atoms with Crippen molar-refractivity contribution < 1.29 is 18.1 Å². The average molecular weight is 475 g/mol. The Morgan fingerprint density at radius 1 is 1.24 bits per heavy atom. The molecule has 0 unspecified atom stereocenters. The van der Waals surface area contributed by atoms with Gasteiger partial charge in [-0.25, -0.2) is 23.2 Å². The highest BCUT2D eigenvalue weighted by Gasteiger charge is 2.33. The number of rotatable bonds is 3. The summed E-state index contributed by atoms with van der Waals surface area (Å²) in [4.78, 5) is 15.3. The highest BCUT2D eigenvalue weighted by atomic mass is 32.2. The summed E-state index contributed by atoms with van der Waals surface area (Å²) in [5.41, 5.74) is 4.54. The van der Waals surface area contributed by atoms with E-state index in [2.05, 4.69) is 25.7 Å². The van der Waals surface area contributed by atoms with Crippen LogP contribution in [0.1, 0.15) is 35.1 Å². The molecule has 1 aromatic heterocycles. The minimum absolute atomic E-state index is 0.118. The van der Waals surface area contributed by atoms with Gasteiger partial charge in [0.15, 0.2) is 9.92 Å². The van der Waals surface area contributed by atoms with Gasteiger partial charge in [0.05, 0.1) is 18.8 Å². The van der Waals surface area contributed by atoms with Gasteiger partial charge in [0.1, 0.15) is 17.7 Å². The Bertz CT molecular complexity index is 1260. The van der Waals surface area contributed by atoms with Crippen LogP contribution in [0.5, 0.6) is 5.88 Å². The van der Waals surface area contributed by atoms with E-state index in [1.807, 2.05) is 0 Å². The van der Waals surface area contributed by atoms with Crippen LogP contribution in [0.15, 0.2) is 21.5 Å². The normalized spacial score (nSPS) is 25.3. The molecule has 3 N–H and O–H groups in total. The fraction of sp³-hybridized carbons (Fsp3) is 0.545. The van der Waals surface area contributed by atoms with E-state index in [1.165, 1.54) is 12.6 Å². The highest BCUT2D eigenvalue weighted by Crippen LogP contribution is 2.39. The van der Waals surface area contributed by atoms with Gasteiger partial charge in [-0.05, 0) is 61.0 Å². The lowest BCUT2D eigenvalue weighted by Crippen LogP contribution is -2.51. The topological polar surface area (TPSA) is 115 Å². The first-order valence-corrected chi connectivity index (χ1v) is 13.1. The Kier molecular flexibility index (Phi) is 4.96. The lowest BCUT2D eigenvalue weighted by molar-refractivity contribution is 0.0417. The fourth-order valence-corrected chi connectivity index (χ4v) is 6.44. The third-order valence-electron chi connectivity index (χ3n) is 7.20. The maximum Gasteiger partial charge on any atom is 0.354 e. The molecule has 4 aliphatic rings. The maximum atomic E-state index is 14.1. The number of nitrogens with zero attached hydrogens (tertiary/aromatic N) is 4. The van der Waals surface area contributed by atoms with Crippen molar-refractivity contribution in [3.8, 4) is 5.88 Å². The molecule has 2 amide bonds. The minimum Gasteiger partial charge on any atom is -0.475 e. The van der Waals surface area contributed by atoms with Crippen LogP contribution < -0.4 is 15.2 Å². The van der Waals surface area contributed by atoms with E-state index in [4.69, 9.17) is 9.88 Å². The first kappa shape index (κ1) is 21.1. The number of hydrogen-bond acceptors (Lipinski definition) is 5. The summed E-state index contributed by atoms with van der Waals surface area (Å²) in [6, 6.07) is 1.48. The van der Waals surface area contributed by atoms with Crippen LogP contribution >= 0.6 is 0 Å². The van der Waals surface area contributed by atoms with Crippen molar-refractivity contribution in [2.45, 2.75) is 62.2 Å². The van der Waals surface area contributed by atoms with Crippen LogP contribution in [-0.2, 0) is 42.1 Å². The van der Waals surface area contributed by atoms with Crippen LogP contribution in [0.4, 0.5) is 14.9 Å². The van der Waals surface area contributed by atoms with Gasteiger partial charge in [-0.15, -0.1) is 4.36 Å². The number of benzene rings is 1. The van der Waals surface area contributed by atoms with Crippen molar-refractivity contribution in [1.29, 1.82) is 0 Å². The number of aromatic nitrogens is 2. The molecule has 176 valence electrons. The van der Waals surface area contributed by atoms with Gasteiger partial charge < -0.3 is 10.1 Å². The molecule has 1 aromatic carbocycles. The average Bonchev–Trinajstić information content (AvgIpc) is 3.43. The Labute approximate surface area is 191 Å². The molecule has 2 aliphatic heterocycles. The predicted molar refractivity (Wildman–Crippen MR) is 121 cm³/mol. The van der Waals surface area contributed by atoms with Crippen molar-refractivity contribution >= 4 is 21.6 Å². The lowest BCUT2D eigenvalue weighted by Gasteiger charge is -2.40. The first-order valence-electron chi connectivity index (χ1n) is 11.5. The third-order valence-corrected chi connectivity index (χ3v) is 8.54. The summed E-state index contributed by atoms with van der Waals surface area (Å²) < 4.78 is 38.7. The number of likely N-dealkylation sites (tertiary alicyclic amines) is 1. The number of halogens is 1. The number of alkyl halides is 1. The monoisotopic (exact) mass is 474 g/mol. The van der Waals surface area contributed by atoms with Crippen molar-refractivity contribution in [3.05, 3.63) is 34.5 Å². The largest absolute Gasteiger partial charge is 0.475 e. The number of nitrogens with two attached hydrogens (primary N) is 1. The van der Waals surface area contributed by atoms with Gasteiger partial charge in [0.25, 0.3) is 0 Å². The standard InChI is InChI=1S/C22H27FN6O3S/c23-15-8-14-7-13-3-1-4-17(13)20(18(14)9-15)26-22(30)27-33(24,31)19-10-25-29-11-16(12-32-21(19)29)28-5-2-6-28/h7,10,15-16H,1-6,8-9,11-12H2,(H3,24,26,27,30,31)/t15-,16-,33-/m0/s1. The van der Waals surface area contributed by atoms with E-state index in [9.17, 15) is 13.4 Å². The zero-order valence-corrected chi connectivity index (χ0v) is 19.1. The Morgan fingerprint density at radius 3 is 2.88 bits per heavy atom. The zero-order chi connectivity index (χ0) is 22.7. The molecular formula is C22H27FN6O3S. The SMILES string of the molecule is N[S@](=O)(=NC(=O)Nc1c2c(cc3c1C[C@@H](F)C3)CCC2)c1cnn2c1OC[C@@H](N1CCC1)C2. The van der Waals surface area contributed by atoms with E-state index < -0.39 is 22.1 Å². The number of carbonyl (C=O) groups is 1. The van der Waals surface area contributed by atoms with E-state index in [-0.39, 0.29) is 17.4 Å². The highest BCUT2D eigenvalue weighted by molar-refractivity contribution is 7.91. The Hall–Kier alpha value is -2.50. The van der Waals surface area contributed by atoms with Gasteiger partial charge in [-0.1, -0.05) is 6.07 Å². The molecule has 6 rings (SSSR count). The van der Waals surface area contributed by atoms with Crippen molar-refractivity contribution in [3.63, 3.8) is 0 Å². The number of aryl methyl sites for hydroxylation is 1. The van der Waals surface area contributed by atoms with Crippen molar-refractivity contribution in [2.75, 3.05) is 25.0 Å². The Balaban J connectivity index is 1.27. The summed E-state index contributed by atoms with van der Waals surface area (Å²) in [5, 5.41) is 13.1. The maximum absolute atomic E-state index is 14.1. The molecule has 1 fully saturated rings. The summed E-state index contributed by atoms with van der Waals surface area (Å²) in [7, 11) is -3.58. The molecule has 0 spiro atoms. The summed E-state index contributed by atoms with van der Waals surface area (Å²) >= 11 is 0. The van der Waals surface area contributed by atoms with Crippen LogP contribution in [0.25, 0.3) is 0 Å². The van der Waals surface area contributed by atoms with E-state index in [1.54, 1.807) is 4.68 Å². The second kappa shape index (κ2) is 7.78. The van der Waals surface area contributed by atoms with Gasteiger partial charge in [-0.2, -0.15) is 5.10 Å². The van der Waals surface area contributed by atoms with E-state index in [0.717, 1.165) is 54.6 Å². The number of hydrogen-bond donors (Lipinski definition) is 2. The molecule has 0 saturated carbocycles. The second-order valence-corrected chi connectivity index (χ2v) is 11.1. The molecule has 9 nitrogen and oxygen atoms in total. The lowest BCUT2D eigenvalue weighted by atomic mass is 9.99. The molecule has 0 radical (unpaired) electrons. The first-order chi connectivity index (χ1) is 15.9. The minimum atomic E-state index is -3.58. The molecule has 33 heavy (non-hydrogen) atoms. The van der Waals surface area contributed by atoms with Gasteiger partial charge in [0, 0.05) is 18.5 Å². The van der Waals surface area contributed by atoms with E-state index >= 15 is 0 Å². The number of nitrogens with one attached hydrogen (secondary N) is 1. The molecule has 3 heterocycles. The van der Waals surface area contributed by atoms with E-state index in [0.29, 0.717) is 31.1 Å². The molecule has 0 bridgehead atoms. The molecule has 11 heteroatoms. The fourth-order valence-electron chi connectivity index (χ4n) is 5.44. The van der Waals surface area contributed by atoms with Crippen LogP contribution in [-0.4, -0.2) is 56.8 Å². The quantitative estimate of drug-likeness (QED) is 0.708. The third kappa shape index (κ3) is 3.62. The summed E-state index contributed by atoms with van der Waals surface area (Å²) in [6.45, 7) is 3.14.